The van der Waals surface area contributed by atoms with Gasteiger partial charge in [0.05, 0.1) is 9.95 Å². The van der Waals surface area contributed by atoms with Gasteiger partial charge >= 0.3 is 0 Å². The third-order valence-electron chi connectivity index (χ3n) is 3.31. The average molecular weight is 370 g/mol. The number of nitro benzene ring substituents is 1. The molecule has 0 amide bonds. The van der Waals surface area contributed by atoms with E-state index >= 15 is 0 Å². The van der Waals surface area contributed by atoms with E-state index in [1.807, 2.05) is 31.3 Å². The van der Waals surface area contributed by atoms with Gasteiger partial charge in [-0.05, 0) is 47.1 Å². The summed E-state index contributed by atoms with van der Waals surface area (Å²) in [6.45, 7) is 0. The third kappa shape index (κ3) is 3.81. The van der Waals surface area contributed by atoms with Gasteiger partial charge in [0.1, 0.15) is 0 Å². The topological polar surface area (TPSA) is 55.2 Å². The fourth-order valence-corrected chi connectivity index (χ4v) is 2.71. The van der Waals surface area contributed by atoms with Gasteiger partial charge in [-0.15, -0.1) is 0 Å². The molecule has 0 aromatic heterocycles. The number of nitrogens with zero attached hydrogens (tertiary/aromatic N) is 1. The summed E-state index contributed by atoms with van der Waals surface area (Å²) in [5.41, 5.74) is 1.87. The van der Waals surface area contributed by atoms with Crippen LogP contribution in [0.25, 0.3) is 0 Å². The van der Waals surface area contributed by atoms with E-state index in [9.17, 15) is 10.1 Å². The molecule has 0 spiro atoms. The zero-order chi connectivity index (χ0) is 15.4. The van der Waals surface area contributed by atoms with Crippen LogP contribution < -0.4 is 5.32 Å². The number of hydrogen-bond donors (Lipinski definition) is 1. The average Bonchev–Trinajstić information content (AvgIpc) is 2.48. The molecule has 0 aliphatic carbocycles. The summed E-state index contributed by atoms with van der Waals surface area (Å²) in [6, 6.07) is 12.4. The molecular formula is C15H14BrClN2O2. The van der Waals surface area contributed by atoms with Crippen molar-refractivity contribution in [3.8, 4) is 0 Å². The number of hydrogen-bond acceptors (Lipinski definition) is 3. The van der Waals surface area contributed by atoms with E-state index in [1.54, 1.807) is 12.1 Å². The Kier molecular flexibility index (Phi) is 5.33. The minimum atomic E-state index is -0.347. The number of likely N-dealkylation sites (N-methyl/N-ethyl adjacent to an activating group) is 1. The fraction of sp³-hybridized carbons (Fsp3) is 0.200. The van der Waals surface area contributed by atoms with Crippen molar-refractivity contribution < 1.29 is 4.92 Å². The quantitative estimate of drug-likeness (QED) is 0.623. The van der Waals surface area contributed by atoms with Gasteiger partial charge in [0, 0.05) is 22.1 Å². The van der Waals surface area contributed by atoms with Crippen LogP contribution in [0.5, 0.6) is 0 Å². The van der Waals surface area contributed by atoms with Crippen LogP contribution in [0, 0.1) is 10.1 Å². The molecule has 21 heavy (non-hydrogen) atoms. The number of nitrogens with one attached hydrogen (secondary N) is 1. The van der Waals surface area contributed by atoms with Crippen LogP contribution in [0.1, 0.15) is 17.2 Å². The Morgan fingerprint density at radius 2 is 2.05 bits per heavy atom. The van der Waals surface area contributed by atoms with Crippen molar-refractivity contribution in [3.63, 3.8) is 0 Å². The molecule has 1 atom stereocenters. The summed E-state index contributed by atoms with van der Waals surface area (Å²) in [5, 5.41) is 14.9. The molecule has 4 nitrogen and oxygen atoms in total. The van der Waals surface area contributed by atoms with E-state index in [0.717, 1.165) is 10.0 Å². The number of para-hydroxylation sites is 1. The maximum Gasteiger partial charge on any atom is 0.272 e. The van der Waals surface area contributed by atoms with Gasteiger partial charge in [-0.25, -0.2) is 0 Å². The Balaban J connectivity index is 2.31. The molecule has 0 radical (unpaired) electrons. The van der Waals surface area contributed by atoms with Gasteiger partial charge in [-0.1, -0.05) is 35.9 Å². The first-order valence-corrected chi connectivity index (χ1v) is 7.54. The Bertz CT molecular complexity index is 664. The van der Waals surface area contributed by atoms with Crippen LogP contribution in [0.3, 0.4) is 0 Å². The molecule has 2 rings (SSSR count). The highest BCUT2D eigenvalue weighted by molar-refractivity contribution is 9.10. The molecular weight excluding hydrogens is 356 g/mol. The molecule has 0 heterocycles. The Morgan fingerprint density at radius 1 is 1.33 bits per heavy atom. The number of benzene rings is 2. The highest BCUT2D eigenvalue weighted by Gasteiger charge is 2.18. The largest absolute Gasteiger partial charge is 0.313 e. The van der Waals surface area contributed by atoms with E-state index in [2.05, 4.69) is 21.2 Å². The number of nitro groups is 1. The van der Waals surface area contributed by atoms with Gasteiger partial charge < -0.3 is 5.32 Å². The van der Waals surface area contributed by atoms with Gasteiger partial charge in [-0.2, -0.15) is 0 Å². The second-order valence-electron chi connectivity index (χ2n) is 4.60. The van der Waals surface area contributed by atoms with Gasteiger partial charge in [-0.3, -0.25) is 10.1 Å². The Morgan fingerprint density at radius 3 is 2.67 bits per heavy atom. The second-order valence-corrected chi connectivity index (χ2v) is 5.87. The van der Waals surface area contributed by atoms with Crippen molar-refractivity contribution in [1.82, 2.24) is 5.32 Å². The fourth-order valence-electron chi connectivity index (χ4n) is 2.20. The van der Waals surface area contributed by atoms with Crippen molar-refractivity contribution in [1.29, 1.82) is 0 Å². The molecule has 2 aromatic carbocycles. The molecule has 2 aromatic rings. The minimum Gasteiger partial charge on any atom is -0.313 e. The summed E-state index contributed by atoms with van der Waals surface area (Å²) in [5.74, 6) is 0. The van der Waals surface area contributed by atoms with Crippen molar-refractivity contribution >= 4 is 33.2 Å². The summed E-state index contributed by atoms with van der Waals surface area (Å²) < 4.78 is 0.810. The van der Waals surface area contributed by atoms with E-state index in [0.29, 0.717) is 17.0 Å². The maximum atomic E-state index is 11.1. The van der Waals surface area contributed by atoms with Crippen LogP contribution in [-0.2, 0) is 6.42 Å². The molecule has 0 aliphatic heterocycles. The van der Waals surface area contributed by atoms with Crippen LogP contribution in [0.15, 0.2) is 46.9 Å². The lowest BCUT2D eigenvalue weighted by Gasteiger charge is -2.17. The van der Waals surface area contributed by atoms with E-state index in [1.165, 1.54) is 6.07 Å². The normalized spacial score (nSPS) is 12.1. The minimum absolute atomic E-state index is 0.0281. The van der Waals surface area contributed by atoms with Crippen molar-refractivity contribution in [2.75, 3.05) is 7.05 Å². The molecule has 0 saturated carbocycles. The molecule has 1 unspecified atom stereocenters. The highest BCUT2D eigenvalue weighted by Crippen LogP contribution is 2.29. The molecule has 1 N–H and O–H groups in total. The molecule has 0 bridgehead atoms. The first kappa shape index (κ1) is 15.9. The monoisotopic (exact) mass is 368 g/mol. The predicted molar refractivity (Wildman–Crippen MR) is 87.8 cm³/mol. The van der Waals surface area contributed by atoms with Gasteiger partial charge in [0.15, 0.2) is 0 Å². The van der Waals surface area contributed by atoms with E-state index < -0.39 is 0 Å². The number of halogens is 2. The van der Waals surface area contributed by atoms with Gasteiger partial charge in [0.25, 0.3) is 5.69 Å². The summed E-state index contributed by atoms with van der Waals surface area (Å²) >= 11 is 9.40. The molecule has 110 valence electrons. The molecule has 6 heteroatoms. The Hall–Kier alpha value is -1.43. The first-order chi connectivity index (χ1) is 10.0. The maximum absolute atomic E-state index is 11.1. The zero-order valence-electron chi connectivity index (χ0n) is 11.3. The van der Waals surface area contributed by atoms with Gasteiger partial charge in [0.2, 0.25) is 0 Å². The molecule has 0 aliphatic rings. The zero-order valence-corrected chi connectivity index (χ0v) is 13.7. The lowest BCUT2D eigenvalue weighted by molar-refractivity contribution is -0.385. The SMILES string of the molecule is CNC(Cc1ccccc1[N+](=O)[O-])c1ccc(Cl)c(Br)c1. The lowest BCUT2D eigenvalue weighted by atomic mass is 9.98. The Labute approximate surface area is 136 Å². The van der Waals surface area contributed by atoms with Crippen LogP contribution in [0.2, 0.25) is 5.02 Å². The van der Waals surface area contributed by atoms with E-state index in [4.69, 9.17) is 11.6 Å². The molecule has 0 saturated heterocycles. The second kappa shape index (κ2) is 7.02. The summed E-state index contributed by atoms with van der Waals surface area (Å²) in [4.78, 5) is 10.7. The standard InChI is InChI=1S/C15H14BrClN2O2/c1-18-14(10-6-7-13(17)12(16)8-10)9-11-4-2-3-5-15(11)19(20)21/h2-8,14,18H,9H2,1H3. The smallest absolute Gasteiger partial charge is 0.272 e. The third-order valence-corrected chi connectivity index (χ3v) is 4.52. The van der Waals surface area contributed by atoms with Crippen molar-refractivity contribution in [3.05, 3.63) is 73.2 Å². The lowest BCUT2D eigenvalue weighted by Crippen LogP contribution is -2.19. The van der Waals surface area contributed by atoms with Crippen LogP contribution in [-0.4, -0.2) is 12.0 Å². The summed E-state index contributed by atoms with van der Waals surface area (Å²) in [6.07, 6.45) is 0.529. The van der Waals surface area contributed by atoms with Crippen molar-refractivity contribution in [2.24, 2.45) is 0 Å². The summed E-state index contributed by atoms with van der Waals surface area (Å²) in [7, 11) is 1.84. The highest BCUT2D eigenvalue weighted by atomic mass is 79.9. The first-order valence-electron chi connectivity index (χ1n) is 6.37. The molecule has 0 fully saturated rings. The number of rotatable bonds is 5. The van der Waals surface area contributed by atoms with Crippen molar-refractivity contribution in [2.45, 2.75) is 12.5 Å². The predicted octanol–water partition coefficient (Wildman–Crippen LogP) is 4.51. The van der Waals surface area contributed by atoms with Crippen LogP contribution in [0.4, 0.5) is 5.69 Å². The van der Waals surface area contributed by atoms with Crippen LogP contribution >= 0.6 is 27.5 Å². The van der Waals surface area contributed by atoms with E-state index in [-0.39, 0.29) is 16.7 Å².